The molecule has 0 saturated heterocycles. The fourth-order valence-corrected chi connectivity index (χ4v) is 3.82. The molecule has 2 nitrogen and oxygen atoms in total. The van der Waals surface area contributed by atoms with Crippen LogP contribution in [0.5, 0.6) is 0 Å². The van der Waals surface area contributed by atoms with E-state index in [1.807, 2.05) is 0 Å². The Balaban J connectivity index is 2.27. The normalized spacial score (nSPS) is 45.5. The van der Waals surface area contributed by atoms with E-state index in [1.165, 1.54) is 0 Å². The summed E-state index contributed by atoms with van der Waals surface area (Å²) in [6, 6.07) is 0. The van der Waals surface area contributed by atoms with Gasteiger partial charge >= 0.3 is 0 Å². The number of hydrogen-bond acceptors (Lipinski definition) is 2. The van der Waals surface area contributed by atoms with Crippen LogP contribution in [0.25, 0.3) is 0 Å². The van der Waals surface area contributed by atoms with Crippen LogP contribution in [0.3, 0.4) is 0 Å². The van der Waals surface area contributed by atoms with Crippen LogP contribution in [0, 0.1) is 29.6 Å². The summed E-state index contributed by atoms with van der Waals surface area (Å²) < 4.78 is 0. The number of hydrogen-bond donors (Lipinski definition) is 0. The van der Waals surface area contributed by atoms with Gasteiger partial charge in [0.05, 0.1) is 0 Å². The number of carbonyl (C=O) groups excluding carboxylic acids is 2. The van der Waals surface area contributed by atoms with Gasteiger partial charge in [-0.3, -0.25) is 9.59 Å². The lowest BCUT2D eigenvalue weighted by Crippen LogP contribution is -2.35. The quantitative estimate of drug-likeness (QED) is 0.674. The molecule has 2 fully saturated rings. The first kappa shape index (κ1) is 9.88. The van der Waals surface area contributed by atoms with Gasteiger partial charge in [0.15, 0.2) is 0 Å². The van der Waals surface area contributed by atoms with Crippen LogP contribution in [-0.2, 0) is 9.59 Å². The molecule has 2 rings (SSSR count). The summed E-state index contributed by atoms with van der Waals surface area (Å²) in [6.45, 7) is 5.51. The van der Waals surface area contributed by atoms with Crippen LogP contribution in [0.1, 0.15) is 33.6 Å². The molecule has 0 radical (unpaired) electrons. The maximum absolute atomic E-state index is 11.5. The van der Waals surface area contributed by atoms with E-state index < -0.39 is 0 Å². The molecule has 2 saturated carbocycles. The lowest BCUT2D eigenvalue weighted by atomic mass is 9.71. The lowest BCUT2D eigenvalue weighted by molar-refractivity contribution is -0.133. The molecule has 0 aromatic rings. The lowest BCUT2D eigenvalue weighted by Gasteiger charge is -2.31. The standard InChI is InChI=1S/C12H18O2/c1-6-4-9-5-10(6)12(8(3)14)11(9)7(2)13/h6,9-12H,4-5H2,1-3H3. The molecule has 5 atom stereocenters. The van der Waals surface area contributed by atoms with Gasteiger partial charge in [0, 0.05) is 11.8 Å². The van der Waals surface area contributed by atoms with Crippen molar-refractivity contribution in [2.24, 2.45) is 29.6 Å². The number of ketones is 2. The Hall–Kier alpha value is -0.660. The van der Waals surface area contributed by atoms with Crippen molar-refractivity contribution in [2.75, 3.05) is 0 Å². The van der Waals surface area contributed by atoms with Crippen molar-refractivity contribution in [3.8, 4) is 0 Å². The van der Waals surface area contributed by atoms with Crippen molar-refractivity contribution >= 4 is 11.6 Å². The third-order valence-corrected chi connectivity index (χ3v) is 4.28. The van der Waals surface area contributed by atoms with Crippen molar-refractivity contribution in [3.63, 3.8) is 0 Å². The number of rotatable bonds is 2. The number of Topliss-reactive ketones (excluding diaryl/α,β-unsaturated/α-hetero) is 2. The summed E-state index contributed by atoms with van der Waals surface area (Å²) in [5, 5.41) is 0. The summed E-state index contributed by atoms with van der Waals surface area (Å²) in [4.78, 5) is 23.0. The van der Waals surface area contributed by atoms with Gasteiger partial charge in [-0.15, -0.1) is 0 Å². The molecule has 2 aliphatic rings. The van der Waals surface area contributed by atoms with Crippen molar-refractivity contribution in [2.45, 2.75) is 33.6 Å². The van der Waals surface area contributed by atoms with Gasteiger partial charge in [-0.2, -0.15) is 0 Å². The molecule has 2 aliphatic carbocycles. The molecule has 0 spiro atoms. The van der Waals surface area contributed by atoms with Gasteiger partial charge in [-0.05, 0) is 44.4 Å². The van der Waals surface area contributed by atoms with Crippen LogP contribution in [0.2, 0.25) is 0 Å². The van der Waals surface area contributed by atoms with E-state index in [4.69, 9.17) is 0 Å². The number of fused-ring (bicyclic) bond motifs is 2. The largest absolute Gasteiger partial charge is 0.300 e. The fraction of sp³-hybridized carbons (Fsp3) is 0.833. The van der Waals surface area contributed by atoms with E-state index in [9.17, 15) is 9.59 Å². The molecular formula is C12H18O2. The van der Waals surface area contributed by atoms with E-state index in [-0.39, 0.29) is 23.4 Å². The SMILES string of the molecule is CC(=O)C1C2CC(C)C(C2)C1C(C)=O. The topological polar surface area (TPSA) is 34.1 Å². The summed E-state index contributed by atoms with van der Waals surface area (Å²) in [5.74, 6) is 2.18. The average Bonchev–Trinajstić information content (AvgIpc) is 2.58. The van der Waals surface area contributed by atoms with Gasteiger partial charge < -0.3 is 0 Å². The van der Waals surface area contributed by atoms with Crippen LogP contribution < -0.4 is 0 Å². The molecular weight excluding hydrogens is 176 g/mol. The zero-order valence-corrected chi connectivity index (χ0v) is 9.12. The molecule has 0 aliphatic heterocycles. The predicted octanol–water partition coefficient (Wildman–Crippen LogP) is 2.07. The molecule has 2 bridgehead atoms. The van der Waals surface area contributed by atoms with Crippen LogP contribution in [0.4, 0.5) is 0 Å². The molecule has 2 heteroatoms. The Labute approximate surface area is 85.1 Å². The number of carbonyl (C=O) groups is 2. The van der Waals surface area contributed by atoms with Crippen molar-refractivity contribution in [1.29, 1.82) is 0 Å². The smallest absolute Gasteiger partial charge is 0.133 e. The highest BCUT2D eigenvalue weighted by molar-refractivity contribution is 5.88. The molecule has 5 unspecified atom stereocenters. The molecule has 0 aromatic carbocycles. The molecule has 78 valence electrons. The van der Waals surface area contributed by atoms with Gasteiger partial charge in [0.25, 0.3) is 0 Å². The van der Waals surface area contributed by atoms with Crippen molar-refractivity contribution in [1.82, 2.24) is 0 Å². The van der Waals surface area contributed by atoms with Crippen LogP contribution in [-0.4, -0.2) is 11.6 Å². The second-order valence-corrected chi connectivity index (χ2v) is 5.15. The van der Waals surface area contributed by atoms with Gasteiger partial charge in [0.1, 0.15) is 11.6 Å². The predicted molar refractivity (Wildman–Crippen MR) is 53.7 cm³/mol. The van der Waals surface area contributed by atoms with E-state index in [2.05, 4.69) is 6.92 Å². The third-order valence-electron chi connectivity index (χ3n) is 4.28. The van der Waals surface area contributed by atoms with E-state index in [0.29, 0.717) is 17.8 Å². The van der Waals surface area contributed by atoms with E-state index in [1.54, 1.807) is 13.8 Å². The Bertz CT molecular complexity index is 282. The summed E-state index contributed by atoms with van der Waals surface area (Å²) >= 11 is 0. The summed E-state index contributed by atoms with van der Waals surface area (Å²) in [6.07, 6.45) is 2.26. The first-order valence-electron chi connectivity index (χ1n) is 5.53. The molecule has 0 N–H and O–H groups in total. The van der Waals surface area contributed by atoms with Gasteiger partial charge in [-0.1, -0.05) is 6.92 Å². The average molecular weight is 194 g/mol. The minimum Gasteiger partial charge on any atom is -0.300 e. The van der Waals surface area contributed by atoms with Crippen LogP contribution in [0.15, 0.2) is 0 Å². The highest BCUT2D eigenvalue weighted by atomic mass is 16.1. The Morgan fingerprint density at radius 3 is 2.07 bits per heavy atom. The second-order valence-electron chi connectivity index (χ2n) is 5.15. The minimum absolute atomic E-state index is 0.0428. The fourth-order valence-electron chi connectivity index (χ4n) is 3.82. The highest BCUT2D eigenvalue weighted by Crippen LogP contribution is 2.55. The van der Waals surface area contributed by atoms with Gasteiger partial charge in [-0.25, -0.2) is 0 Å². The molecule has 0 amide bonds. The van der Waals surface area contributed by atoms with Crippen molar-refractivity contribution in [3.05, 3.63) is 0 Å². The first-order chi connectivity index (χ1) is 6.52. The zero-order chi connectivity index (χ0) is 10.5. The van der Waals surface area contributed by atoms with Gasteiger partial charge in [0.2, 0.25) is 0 Å². The highest BCUT2D eigenvalue weighted by Gasteiger charge is 2.54. The minimum atomic E-state index is 0.0428. The molecule has 14 heavy (non-hydrogen) atoms. The Morgan fingerprint density at radius 1 is 1.00 bits per heavy atom. The zero-order valence-electron chi connectivity index (χ0n) is 9.12. The third kappa shape index (κ3) is 1.23. The molecule has 0 heterocycles. The van der Waals surface area contributed by atoms with Crippen LogP contribution >= 0.6 is 0 Å². The summed E-state index contributed by atoms with van der Waals surface area (Å²) in [5.41, 5.74) is 0. The Morgan fingerprint density at radius 2 is 1.57 bits per heavy atom. The Kier molecular flexibility index (Phi) is 2.24. The maximum Gasteiger partial charge on any atom is 0.133 e. The second kappa shape index (κ2) is 3.18. The monoisotopic (exact) mass is 194 g/mol. The first-order valence-corrected chi connectivity index (χ1v) is 5.53. The van der Waals surface area contributed by atoms with E-state index >= 15 is 0 Å². The molecule has 0 aromatic heterocycles. The van der Waals surface area contributed by atoms with E-state index in [0.717, 1.165) is 12.8 Å². The van der Waals surface area contributed by atoms with Crippen molar-refractivity contribution < 1.29 is 9.59 Å². The maximum atomic E-state index is 11.5. The summed E-state index contributed by atoms with van der Waals surface area (Å²) in [7, 11) is 0.